The lowest BCUT2D eigenvalue weighted by molar-refractivity contribution is 0.453. The van der Waals surface area contributed by atoms with Gasteiger partial charge in [-0.15, -0.1) is 0 Å². The van der Waals surface area contributed by atoms with Gasteiger partial charge < -0.3 is 0 Å². The molecule has 2 aromatic heterocycles. The number of rotatable bonds is 5. The van der Waals surface area contributed by atoms with E-state index in [0.29, 0.717) is 30.2 Å². The van der Waals surface area contributed by atoms with Crippen molar-refractivity contribution in [2.24, 2.45) is 5.92 Å². The first kappa shape index (κ1) is 17.8. The van der Waals surface area contributed by atoms with Crippen LogP contribution in [0.4, 0.5) is 0 Å². The van der Waals surface area contributed by atoms with Crippen LogP contribution in [0.25, 0.3) is 11.4 Å². The minimum Gasteiger partial charge on any atom is -0.264 e. The number of aromatic nitrogens is 4. The van der Waals surface area contributed by atoms with Gasteiger partial charge in [-0.25, -0.2) is 13.4 Å². The van der Waals surface area contributed by atoms with E-state index in [1.807, 2.05) is 31.2 Å². The summed E-state index contributed by atoms with van der Waals surface area (Å²) in [6.07, 6.45) is 4.92. The number of H-pyrrole nitrogens is 1. The van der Waals surface area contributed by atoms with Gasteiger partial charge in [0.2, 0.25) is 10.0 Å². The van der Waals surface area contributed by atoms with Gasteiger partial charge in [0, 0.05) is 37.5 Å². The Balaban J connectivity index is 1.45. The van der Waals surface area contributed by atoms with Gasteiger partial charge in [0.05, 0.1) is 4.90 Å². The molecule has 0 saturated carbocycles. The molecule has 1 aliphatic heterocycles. The van der Waals surface area contributed by atoms with Crippen LogP contribution < -0.4 is 0 Å². The molecule has 1 saturated heterocycles. The molecule has 7 nitrogen and oxygen atoms in total. The van der Waals surface area contributed by atoms with Crippen molar-refractivity contribution >= 4 is 10.0 Å². The Morgan fingerprint density at radius 2 is 2.07 bits per heavy atom. The Kier molecular flexibility index (Phi) is 4.75. The van der Waals surface area contributed by atoms with Crippen LogP contribution in [-0.2, 0) is 16.4 Å². The van der Waals surface area contributed by atoms with Gasteiger partial charge in [-0.1, -0.05) is 18.2 Å². The van der Waals surface area contributed by atoms with Crippen LogP contribution in [0.15, 0.2) is 53.7 Å². The van der Waals surface area contributed by atoms with Crippen molar-refractivity contribution in [2.45, 2.75) is 24.7 Å². The van der Waals surface area contributed by atoms with E-state index in [2.05, 4.69) is 20.2 Å². The number of hydrogen-bond donors (Lipinski definition) is 1. The maximum Gasteiger partial charge on any atom is 0.243 e. The van der Waals surface area contributed by atoms with Gasteiger partial charge in [0.25, 0.3) is 0 Å². The summed E-state index contributed by atoms with van der Waals surface area (Å²) in [5.41, 5.74) is 1.63. The van der Waals surface area contributed by atoms with Gasteiger partial charge >= 0.3 is 0 Å². The fourth-order valence-corrected chi connectivity index (χ4v) is 5.21. The summed E-state index contributed by atoms with van der Waals surface area (Å²) < 4.78 is 27.4. The van der Waals surface area contributed by atoms with Crippen LogP contribution in [0.2, 0.25) is 0 Å². The highest BCUT2D eigenvalue weighted by Crippen LogP contribution is 2.27. The van der Waals surface area contributed by atoms with Crippen molar-refractivity contribution in [1.82, 2.24) is 24.5 Å². The summed E-state index contributed by atoms with van der Waals surface area (Å²) in [6, 6.07) is 10.9. The van der Waals surface area contributed by atoms with Crippen molar-refractivity contribution in [1.29, 1.82) is 0 Å². The summed E-state index contributed by atoms with van der Waals surface area (Å²) >= 11 is 0. The lowest BCUT2D eigenvalue weighted by atomic mass is 10.1. The van der Waals surface area contributed by atoms with Crippen LogP contribution in [0.1, 0.15) is 17.8 Å². The Hall–Kier alpha value is -2.58. The Morgan fingerprint density at radius 1 is 1.22 bits per heavy atom. The van der Waals surface area contributed by atoms with E-state index in [1.54, 1.807) is 28.8 Å². The maximum atomic E-state index is 12.9. The Labute approximate surface area is 158 Å². The molecular formula is C19H21N5O2S. The van der Waals surface area contributed by atoms with Crippen molar-refractivity contribution < 1.29 is 8.42 Å². The number of nitrogens with zero attached hydrogens (tertiary/aromatic N) is 4. The molecule has 0 bridgehead atoms. The van der Waals surface area contributed by atoms with Crippen LogP contribution in [0, 0.1) is 12.8 Å². The minimum atomic E-state index is -3.45. The fraction of sp³-hybridized carbons (Fsp3) is 0.316. The molecule has 3 aromatic rings. The molecule has 1 atom stereocenters. The second-order valence-corrected chi connectivity index (χ2v) is 8.74. The first-order valence-electron chi connectivity index (χ1n) is 8.91. The highest BCUT2D eigenvalue weighted by atomic mass is 32.2. The number of nitrogens with one attached hydrogen (secondary N) is 1. The second kappa shape index (κ2) is 7.21. The summed E-state index contributed by atoms with van der Waals surface area (Å²) in [4.78, 5) is 9.00. The number of benzene rings is 1. The van der Waals surface area contributed by atoms with Crippen molar-refractivity contribution in [2.75, 3.05) is 13.1 Å². The molecule has 1 aliphatic rings. The zero-order chi connectivity index (χ0) is 18.9. The van der Waals surface area contributed by atoms with E-state index in [1.165, 1.54) is 0 Å². The lowest BCUT2D eigenvalue weighted by Gasteiger charge is -2.17. The van der Waals surface area contributed by atoms with Crippen LogP contribution >= 0.6 is 0 Å². The summed E-state index contributed by atoms with van der Waals surface area (Å²) in [5.74, 6) is 1.60. The van der Waals surface area contributed by atoms with Gasteiger partial charge in [-0.3, -0.25) is 10.1 Å². The molecule has 0 aliphatic carbocycles. The molecule has 0 spiro atoms. The van der Waals surface area contributed by atoms with E-state index in [9.17, 15) is 8.42 Å². The number of hydrogen-bond acceptors (Lipinski definition) is 5. The van der Waals surface area contributed by atoms with E-state index >= 15 is 0 Å². The molecule has 1 unspecified atom stereocenters. The normalized spacial score (nSPS) is 18.0. The maximum absolute atomic E-state index is 12.9. The second-order valence-electron chi connectivity index (χ2n) is 6.83. The zero-order valence-electron chi connectivity index (χ0n) is 15.0. The van der Waals surface area contributed by atoms with Crippen molar-refractivity contribution in [3.8, 4) is 11.4 Å². The summed E-state index contributed by atoms with van der Waals surface area (Å²) in [7, 11) is -3.45. The van der Waals surface area contributed by atoms with Gasteiger partial charge in [-0.2, -0.15) is 9.40 Å². The molecule has 1 aromatic carbocycles. The molecular weight excluding hydrogens is 362 g/mol. The van der Waals surface area contributed by atoms with Crippen LogP contribution in [0.3, 0.4) is 0 Å². The molecule has 27 heavy (non-hydrogen) atoms. The fourth-order valence-electron chi connectivity index (χ4n) is 3.45. The molecule has 4 rings (SSSR count). The largest absolute Gasteiger partial charge is 0.264 e. The third kappa shape index (κ3) is 3.63. The average Bonchev–Trinajstić information content (AvgIpc) is 3.33. The first-order valence-corrected chi connectivity index (χ1v) is 10.4. The van der Waals surface area contributed by atoms with E-state index in [0.717, 1.165) is 23.4 Å². The summed E-state index contributed by atoms with van der Waals surface area (Å²) in [6.45, 7) is 2.86. The standard InChI is InChI=1S/C19H21N5O2S/c1-14-5-2-3-7-17(14)27(25,26)24-10-8-15(13-24)11-18-21-19(23-22-18)16-6-4-9-20-12-16/h2-7,9,12,15H,8,10-11,13H2,1H3,(H,21,22,23). The number of aromatic amines is 1. The monoisotopic (exact) mass is 383 g/mol. The molecule has 0 radical (unpaired) electrons. The molecule has 0 amide bonds. The Morgan fingerprint density at radius 3 is 2.85 bits per heavy atom. The third-order valence-corrected chi connectivity index (χ3v) is 6.92. The Bertz CT molecular complexity index is 1030. The zero-order valence-corrected chi connectivity index (χ0v) is 15.9. The van der Waals surface area contributed by atoms with Crippen LogP contribution in [-0.4, -0.2) is 46.0 Å². The van der Waals surface area contributed by atoms with Crippen molar-refractivity contribution in [3.05, 3.63) is 60.2 Å². The highest BCUT2D eigenvalue weighted by molar-refractivity contribution is 7.89. The molecule has 1 N–H and O–H groups in total. The minimum absolute atomic E-state index is 0.221. The molecule has 8 heteroatoms. The van der Waals surface area contributed by atoms with Crippen LogP contribution in [0.5, 0.6) is 0 Å². The summed E-state index contributed by atoms with van der Waals surface area (Å²) in [5, 5.41) is 7.22. The van der Waals surface area contributed by atoms with E-state index in [-0.39, 0.29) is 5.92 Å². The predicted octanol–water partition coefficient (Wildman–Crippen LogP) is 2.43. The van der Waals surface area contributed by atoms with Crippen molar-refractivity contribution in [3.63, 3.8) is 0 Å². The highest BCUT2D eigenvalue weighted by Gasteiger charge is 2.33. The van der Waals surface area contributed by atoms with Gasteiger partial charge in [0.15, 0.2) is 5.82 Å². The van der Waals surface area contributed by atoms with Gasteiger partial charge in [-0.05, 0) is 43.0 Å². The third-order valence-electron chi connectivity index (χ3n) is 4.89. The topological polar surface area (TPSA) is 91.8 Å². The average molecular weight is 383 g/mol. The number of sulfonamides is 1. The van der Waals surface area contributed by atoms with Gasteiger partial charge in [0.1, 0.15) is 5.82 Å². The quantitative estimate of drug-likeness (QED) is 0.730. The van der Waals surface area contributed by atoms with E-state index < -0.39 is 10.0 Å². The molecule has 140 valence electrons. The number of pyridine rings is 1. The smallest absolute Gasteiger partial charge is 0.243 e. The van der Waals surface area contributed by atoms with E-state index in [4.69, 9.17) is 0 Å². The molecule has 3 heterocycles. The number of aryl methyl sites for hydroxylation is 1. The SMILES string of the molecule is Cc1ccccc1S(=O)(=O)N1CCC(Cc2nc(-c3cccnc3)n[nH]2)C1. The lowest BCUT2D eigenvalue weighted by Crippen LogP contribution is -2.29. The predicted molar refractivity (Wildman–Crippen MR) is 101 cm³/mol. The first-order chi connectivity index (χ1) is 13.0. The molecule has 1 fully saturated rings.